The topological polar surface area (TPSA) is 98.5 Å². The summed E-state index contributed by atoms with van der Waals surface area (Å²) in [5.41, 5.74) is 0.165. The Morgan fingerprint density at radius 3 is 2.52 bits per heavy atom. The standard InChI is InChI=1S/C18H16Cl2N2O5/c1-2-27-17(23)10-16(12-5-3-4-6-14(12)19)21-18(24)13-9-11(22(25)26)7-8-15(13)20/h3-9,16H,2,10H2,1H3,(H,21,24). The second kappa shape index (κ2) is 9.34. The maximum Gasteiger partial charge on any atom is 0.308 e. The number of hydrogen-bond donors (Lipinski definition) is 1. The van der Waals surface area contributed by atoms with Gasteiger partial charge in [0.1, 0.15) is 0 Å². The zero-order valence-electron chi connectivity index (χ0n) is 14.3. The lowest BCUT2D eigenvalue weighted by Gasteiger charge is -2.20. The fourth-order valence-electron chi connectivity index (χ4n) is 2.42. The van der Waals surface area contributed by atoms with Gasteiger partial charge in [-0.25, -0.2) is 0 Å². The molecule has 0 aliphatic rings. The molecule has 2 rings (SSSR count). The zero-order valence-corrected chi connectivity index (χ0v) is 15.8. The molecule has 7 nitrogen and oxygen atoms in total. The van der Waals surface area contributed by atoms with E-state index >= 15 is 0 Å². The van der Waals surface area contributed by atoms with E-state index in [0.29, 0.717) is 10.6 Å². The average Bonchev–Trinajstić information content (AvgIpc) is 2.61. The molecule has 0 fully saturated rings. The number of nitrogens with one attached hydrogen (secondary N) is 1. The Kier molecular flexibility index (Phi) is 7.15. The minimum atomic E-state index is -0.791. The van der Waals surface area contributed by atoms with Gasteiger partial charge < -0.3 is 10.1 Å². The van der Waals surface area contributed by atoms with Crippen LogP contribution in [0, 0.1) is 10.1 Å². The number of nitro groups is 1. The number of amides is 1. The molecular formula is C18H16Cl2N2O5. The van der Waals surface area contributed by atoms with E-state index in [-0.39, 0.29) is 29.3 Å². The number of carbonyl (C=O) groups is 2. The van der Waals surface area contributed by atoms with E-state index in [2.05, 4.69) is 5.32 Å². The van der Waals surface area contributed by atoms with Crippen molar-refractivity contribution in [3.05, 3.63) is 73.8 Å². The van der Waals surface area contributed by atoms with Crippen molar-refractivity contribution in [1.82, 2.24) is 5.32 Å². The average molecular weight is 411 g/mol. The molecule has 0 bridgehead atoms. The van der Waals surface area contributed by atoms with Gasteiger partial charge in [0, 0.05) is 17.2 Å². The number of esters is 1. The minimum Gasteiger partial charge on any atom is -0.466 e. The van der Waals surface area contributed by atoms with Crippen LogP contribution in [0.5, 0.6) is 0 Å². The summed E-state index contributed by atoms with van der Waals surface area (Å²) in [5, 5.41) is 14.0. The van der Waals surface area contributed by atoms with Gasteiger partial charge in [-0.2, -0.15) is 0 Å². The van der Waals surface area contributed by atoms with Crippen molar-refractivity contribution in [2.45, 2.75) is 19.4 Å². The van der Waals surface area contributed by atoms with Crippen LogP contribution in [0.4, 0.5) is 5.69 Å². The maximum absolute atomic E-state index is 12.7. The first-order valence-electron chi connectivity index (χ1n) is 7.98. The SMILES string of the molecule is CCOC(=O)CC(NC(=O)c1cc([N+](=O)[O-])ccc1Cl)c1ccccc1Cl. The highest BCUT2D eigenvalue weighted by atomic mass is 35.5. The Labute approximate surface area is 165 Å². The molecule has 0 radical (unpaired) electrons. The molecule has 0 saturated heterocycles. The van der Waals surface area contributed by atoms with E-state index in [0.717, 1.165) is 6.07 Å². The Morgan fingerprint density at radius 1 is 1.19 bits per heavy atom. The van der Waals surface area contributed by atoms with E-state index in [1.807, 2.05) is 0 Å². The molecule has 0 aromatic heterocycles. The number of carbonyl (C=O) groups excluding carboxylic acids is 2. The third-order valence-electron chi connectivity index (χ3n) is 3.67. The van der Waals surface area contributed by atoms with Gasteiger partial charge >= 0.3 is 5.97 Å². The quantitative estimate of drug-likeness (QED) is 0.416. The maximum atomic E-state index is 12.7. The molecule has 27 heavy (non-hydrogen) atoms. The molecule has 142 valence electrons. The lowest BCUT2D eigenvalue weighted by molar-refractivity contribution is -0.384. The van der Waals surface area contributed by atoms with Crippen LogP contribution >= 0.6 is 23.2 Å². The van der Waals surface area contributed by atoms with Crippen LogP contribution in [-0.2, 0) is 9.53 Å². The van der Waals surface area contributed by atoms with Crippen molar-refractivity contribution in [2.24, 2.45) is 0 Å². The molecule has 2 aromatic carbocycles. The molecule has 1 atom stereocenters. The first-order valence-corrected chi connectivity index (χ1v) is 8.74. The fraction of sp³-hybridized carbons (Fsp3) is 0.222. The highest BCUT2D eigenvalue weighted by Gasteiger charge is 2.24. The van der Waals surface area contributed by atoms with Crippen LogP contribution in [0.15, 0.2) is 42.5 Å². The number of nitro benzene ring substituents is 1. The summed E-state index contributed by atoms with van der Waals surface area (Å²) in [7, 11) is 0. The Bertz CT molecular complexity index is 873. The summed E-state index contributed by atoms with van der Waals surface area (Å²) in [6.07, 6.45) is -0.157. The van der Waals surface area contributed by atoms with Crippen LogP contribution in [-0.4, -0.2) is 23.4 Å². The van der Waals surface area contributed by atoms with Crippen molar-refractivity contribution in [2.75, 3.05) is 6.61 Å². The normalized spacial score (nSPS) is 11.5. The number of non-ortho nitro benzene ring substituents is 1. The highest BCUT2D eigenvalue weighted by Crippen LogP contribution is 2.27. The fourth-order valence-corrected chi connectivity index (χ4v) is 2.89. The highest BCUT2D eigenvalue weighted by molar-refractivity contribution is 6.34. The van der Waals surface area contributed by atoms with Crippen LogP contribution in [0.3, 0.4) is 0 Å². The van der Waals surface area contributed by atoms with Crippen LogP contribution in [0.25, 0.3) is 0 Å². The van der Waals surface area contributed by atoms with Gasteiger partial charge in [0.05, 0.1) is 34.6 Å². The number of nitrogens with zero attached hydrogens (tertiary/aromatic N) is 1. The summed E-state index contributed by atoms with van der Waals surface area (Å²) >= 11 is 12.2. The predicted molar refractivity (Wildman–Crippen MR) is 101 cm³/mol. The van der Waals surface area contributed by atoms with Crippen molar-refractivity contribution < 1.29 is 19.2 Å². The molecule has 0 saturated carbocycles. The summed E-state index contributed by atoms with van der Waals surface area (Å²) in [5.74, 6) is -1.19. The van der Waals surface area contributed by atoms with Gasteiger partial charge in [-0.3, -0.25) is 19.7 Å². The first kappa shape index (κ1) is 20.7. The molecule has 1 N–H and O–H groups in total. The van der Waals surface area contributed by atoms with Crippen LogP contribution < -0.4 is 5.32 Å². The molecule has 1 unspecified atom stereocenters. The van der Waals surface area contributed by atoms with Crippen LogP contribution in [0.1, 0.15) is 35.3 Å². The smallest absolute Gasteiger partial charge is 0.308 e. The van der Waals surface area contributed by atoms with E-state index in [1.165, 1.54) is 12.1 Å². The van der Waals surface area contributed by atoms with Crippen LogP contribution in [0.2, 0.25) is 10.0 Å². The van der Waals surface area contributed by atoms with E-state index in [1.54, 1.807) is 31.2 Å². The van der Waals surface area contributed by atoms with E-state index < -0.39 is 22.8 Å². The van der Waals surface area contributed by atoms with Crippen molar-refractivity contribution >= 4 is 40.8 Å². The lowest BCUT2D eigenvalue weighted by Crippen LogP contribution is -2.31. The molecule has 2 aromatic rings. The third-order valence-corrected chi connectivity index (χ3v) is 4.34. The molecule has 9 heteroatoms. The monoisotopic (exact) mass is 410 g/mol. The number of hydrogen-bond acceptors (Lipinski definition) is 5. The molecule has 1 amide bonds. The Morgan fingerprint density at radius 2 is 1.89 bits per heavy atom. The largest absolute Gasteiger partial charge is 0.466 e. The van der Waals surface area contributed by atoms with Gasteiger partial charge in [0.2, 0.25) is 0 Å². The van der Waals surface area contributed by atoms with Gasteiger partial charge in [-0.1, -0.05) is 41.4 Å². The first-order chi connectivity index (χ1) is 12.8. The second-order valence-electron chi connectivity index (χ2n) is 5.48. The summed E-state index contributed by atoms with van der Waals surface area (Å²) in [6, 6.07) is 9.47. The van der Waals surface area contributed by atoms with Gasteiger partial charge in [-0.05, 0) is 24.6 Å². The summed E-state index contributed by atoms with van der Waals surface area (Å²) < 4.78 is 4.95. The van der Waals surface area contributed by atoms with E-state index in [9.17, 15) is 19.7 Å². The number of benzene rings is 2. The predicted octanol–water partition coefficient (Wildman–Crippen LogP) is 4.33. The minimum absolute atomic E-state index is 0.0483. The Hall–Kier alpha value is -2.64. The summed E-state index contributed by atoms with van der Waals surface area (Å²) in [4.78, 5) is 34.9. The van der Waals surface area contributed by atoms with Crippen molar-refractivity contribution in [3.8, 4) is 0 Å². The number of rotatable bonds is 7. The Balaban J connectivity index is 2.33. The second-order valence-corrected chi connectivity index (χ2v) is 6.29. The summed E-state index contributed by atoms with van der Waals surface area (Å²) in [6.45, 7) is 1.86. The molecule has 0 spiro atoms. The number of ether oxygens (including phenoxy) is 1. The van der Waals surface area contributed by atoms with Gasteiger partial charge in [0.15, 0.2) is 0 Å². The molecule has 0 heterocycles. The van der Waals surface area contributed by atoms with Gasteiger partial charge in [-0.15, -0.1) is 0 Å². The van der Waals surface area contributed by atoms with Crippen molar-refractivity contribution in [3.63, 3.8) is 0 Å². The lowest BCUT2D eigenvalue weighted by atomic mass is 10.0. The number of halogens is 2. The molecular weight excluding hydrogens is 395 g/mol. The third kappa shape index (κ3) is 5.42. The van der Waals surface area contributed by atoms with Gasteiger partial charge in [0.25, 0.3) is 11.6 Å². The zero-order chi connectivity index (χ0) is 20.0. The van der Waals surface area contributed by atoms with Crippen molar-refractivity contribution in [1.29, 1.82) is 0 Å². The molecule has 0 aliphatic heterocycles. The van der Waals surface area contributed by atoms with E-state index in [4.69, 9.17) is 27.9 Å². The molecule has 0 aliphatic carbocycles.